The number of anilines is 1. The number of hydrogen-bond acceptors (Lipinski definition) is 4. The summed E-state index contributed by atoms with van der Waals surface area (Å²) in [5.74, 6) is 0.419. The molecular weight excluding hydrogens is 242 g/mol. The molecular formula is C14H21N3O2. The number of benzene rings is 1. The van der Waals surface area contributed by atoms with Crippen molar-refractivity contribution in [1.29, 1.82) is 0 Å². The molecule has 1 aliphatic rings. The van der Waals surface area contributed by atoms with Gasteiger partial charge in [-0.15, -0.1) is 0 Å². The molecule has 1 amide bonds. The summed E-state index contributed by atoms with van der Waals surface area (Å²) in [6, 6.07) is 8.28. The highest BCUT2D eigenvalue weighted by Gasteiger charge is 2.14. The first-order valence-electron chi connectivity index (χ1n) is 6.73. The van der Waals surface area contributed by atoms with Crippen molar-refractivity contribution in [1.82, 2.24) is 5.32 Å². The number of nitrogens with one attached hydrogen (secondary N) is 2. The van der Waals surface area contributed by atoms with Crippen molar-refractivity contribution in [3.05, 3.63) is 24.3 Å². The maximum atomic E-state index is 10.7. The molecule has 1 fully saturated rings. The van der Waals surface area contributed by atoms with Crippen molar-refractivity contribution in [3.63, 3.8) is 0 Å². The molecule has 104 valence electrons. The highest BCUT2D eigenvalue weighted by Crippen LogP contribution is 2.24. The minimum absolute atomic E-state index is 0.235. The number of nitrogens with two attached hydrogens (primary N) is 1. The third-order valence-electron chi connectivity index (χ3n) is 3.19. The molecule has 0 radical (unpaired) electrons. The van der Waals surface area contributed by atoms with E-state index in [9.17, 15) is 4.79 Å². The molecule has 1 heterocycles. The van der Waals surface area contributed by atoms with Crippen LogP contribution in [0.3, 0.4) is 0 Å². The molecule has 0 spiro atoms. The summed E-state index contributed by atoms with van der Waals surface area (Å²) in [6.45, 7) is 2.30. The van der Waals surface area contributed by atoms with Gasteiger partial charge < -0.3 is 21.1 Å². The summed E-state index contributed by atoms with van der Waals surface area (Å²) in [7, 11) is 0. The molecule has 1 aromatic rings. The van der Waals surface area contributed by atoms with Crippen LogP contribution in [0.15, 0.2) is 24.3 Å². The highest BCUT2D eigenvalue weighted by atomic mass is 16.5. The van der Waals surface area contributed by atoms with Crippen LogP contribution in [0, 0.1) is 0 Å². The summed E-state index contributed by atoms with van der Waals surface area (Å²) in [5.41, 5.74) is 6.05. The predicted octanol–water partition coefficient (Wildman–Crippen LogP) is 1.10. The Morgan fingerprint density at radius 1 is 1.47 bits per heavy atom. The molecule has 19 heavy (non-hydrogen) atoms. The van der Waals surface area contributed by atoms with Crippen molar-refractivity contribution >= 4 is 11.6 Å². The molecule has 1 unspecified atom stereocenters. The third kappa shape index (κ3) is 4.44. The fraction of sp³-hybridized carbons (Fsp3) is 0.500. The molecule has 0 aliphatic carbocycles. The number of carbonyl (C=O) groups excluding carboxylic acids is 1. The van der Waals surface area contributed by atoms with Crippen LogP contribution in [0.5, 0.6) is 5.75 Å². The largest absolute Gasteiger partial charge is 0.491 e. The Hall–Kier alpha value is -1.75. The van der Waals surface area contributed by atoms with Crippen LogP contribution in [-0.4, -0.2) is 31.6 Å². The molecule has 0 aromatic heterocycles. The van der Waals surface area contributed by atoms with Crippen LogP contribution in [0.2, 0.25) is 0 Å². The second-order valence-corrected chi connectivity index (χ2v) is 4.74. The molecule has 1 aromatic carbocycles. The average molecular weight is 263 g/mol. The van der Waals surface area contributed by atoms with Crippen molar-refractivity contribution in [2.45, 2.75) is 25.3 Å². The first-order valence-corrected chi connectivity index (χ1v) is 6.73. The van der Waals surface area contributed by atoms with Crippen LogP contribution in [0.1, 0.15) is 19.3 Å². The number of rotatable bonds is 7. The van der Waals surface area contributed by atoms with E-state index in [1.54, 1.807) is 0 Å². The summed E-state index contributed by atoms with van der Waals surface area (Å²) in [5, 5.41) is 6.83. The van der Waals surface area contributed by atoms with E-state index in [2.05, 4.69) is 10.6 Å². The van der Waals surface area contributed by atoms with Gasteiger partial charge in [-0.3, -0.25) is 4.79 Å². The van der Waals surface area contributed by atoms with E-state index in [-0.39, 0.29) is 12.3 Å². The van der Waals surface area contributed by atoms with Gasteiger partial charge in [-0.2, -0.15) is 0 Å². The van der Waals surface area contributed by atoms with Crippen LogP contribution in [0.25, 0.3) is 0 Å². The monoisotopic (exact) mass is 263 g/mol. The number of primary amides is 1. The van der Waals surface area contributed by atoms with Gasteiger partial charge in [0.15, 0.2) is 0 Å². The van der Waals surface area contributed by atoms with E-state index in [0.717, 1.165) is 24.5 Å². The van der Waals surface area contributed by atoms with Gasteiger partial charge in [-0.1, -0.05) is 12.1 Å². The van der Waals surface area contributed by atoms with Gasteiger partial charge in [0.25, 0.3) is 0 Å². The smallest absolute Gasteiger partial charge is 0.220 e. The minimum atomic E-state index is -0.347. The van der Waals surface area contributed by atoms with Crippen molar-refractivity contribution in [2.24, 2.45) is 5.73 Å². The van der Waals surface area contributed by atoms with E-state index >= 15 is 0 Å². The SMILES string of the molecule is NC(=O)CCOc1ccccc1NCC1CCCN1. The lowest BCUT2D eigenvalue weighted by Crippen LogP contribution is -2.29. The van der Waals surface area contributed by atoms with Gasteiger partial charge in [0.05, 0.1) is 18.7 Å². The second kappa shape index (κ2) is 6.99. The van der Waals surface area contributed by atoms with Crippen LogP contribution in [-0.2, 0) is 4.79 Å². The maximum Gasteiger partial charge on any atom is 0.220 e. The number of amides is 1. The summed E-state index contributed by atoms with van der Waals surface area (Å²) in [4.78, 5) is 10.7. The topological polar surface area (TPSA) is 76.4 Å². The Kier molecular flexibility index (Phi) is 5.03. The molecule has 4 N–H and O–H groups in total. The van der Waals surface area contributed by atoms with E-state index in [1.165, 1.54) is 12.8 Å². The third-order valence-corrected chi connectivity index (χ3v) is 3.19. The normalized spacial score (nSPS) is 18.2. The second-order valence-electron chi connectivity index (χ2n) is 4.74. The molecule has 1 aliphatic heterocycles. The van der Waals surface area contributed by atoms with E-state index in [0.29, 0.717) is 12.6 Å². The zero-order valence-electron chi connectivity index (χ0n) is 11.0. The number of hydrogen-bond donors (Lipinski definition) is 3. The Morgan fingerprint density at radius 3 is 3.05 bits per heavy atom. The molecule has 2 rings (SSSR count). The van der Waals surface area contributed by atoms with Crippen molar-refractivity contribution in [2.75, 3.05) is 25.0 Å². The molecule has 1 atom stereocenters. The average Bonchev–Trinajstić information content (AvgIpc) is 2.90. The fourth-order valence-electron chi connectivity index (χ4n) is 2.16. The van der Waals surface area contributed by atoms with Gasteiger partial charge in [0.1, 0.15) is 5.75 Å². The van der Waals surface area contributed by atoms with Crippen LogP contribution >= 0.6 is 0 Å². The van der Waals surface area contributed by atoms with Crippen molar-refractivity contribution in [3.8, 4) is 5.75 Å². The Bertz CT molecular complexity index is 417. The summed E-state index contributed by atoms with van der Waals surface area (Å²) >= 11 is 0. The number of ether oxygens (including phenoxy) is 1. The first kappa shape index (κ1) is 13.7. The quantitative estimate of drug-likeness (QED) is 0.688. The number of carbonyl (C=O) groups is 1. The van der Waals surface area contributed by atoms with Crippen LogP contribution < -0.4 is 21.1 Å². The zero-order chi connectivity index (χ0) is 13.5. The molecule has 0 saturated carbocycles. The van der Waals surface area contributed by atoms with Crippen molar-refractivity contribution < 1.29 is 9.53 Å². The van der Waals surface area contributed by atoms with Crippen LogP contribution in [0.4, 0.5) is 5.69 Å². The Balaban J connectivity index is 1.85. The highest BCUT2D eigenvalue weighted by molar-refractivity contribution is 5.73. The molecule has 5 heteroatoms. The molecule has 5 nitrogen and oxygen atoms in total. The predicted molar refractivity (Wildman–Crippen MR) is 75.3 cm³/mol. The Morgan fingerprint density at radius 2 is 2.32 bits per heavy atom. The zero-order valence-corrected chi connectivity index (χ0v) is 11.0. The van der Waals surface area contributed by atoms with E-state index in [1.807, 2.05) is 24.3 Å². The first-order chi connectivity index (χ1) is 9.25. The fourth-order valence-corrected chi connectivity index (χ4v) is 2.16. The minimum Gasteiger partial charge on any atom is -0.491 e. The molecule has 0 bridgehead atoms. The van der Waals surface area contributed by atoms with E-state index < -0.39 is 0 Å². The van der Waals surface area contributed by atoms with Gasteiger partial charge in [0, 0.05) is 12.6 Å². The van der Waals surface area contributed by atoms with Gasteiger partial charge in [-0.05, 0) is 31.5 Å². The lowest BCUT2D eigenvalue weighted by Gasteiger charge is -2.16. The van der Waals surface area contributed by atoms with E-state index in [4.69, 9.17) is 10.5 Å². The Labute approximate surface area is 113 Å². The lowest BCUT2D eigenvalue weighted by molar-refractivity contribution is -0.118. The maximum absolute atomic E-state index is 10.7. The lowest BCUT2D eigenvalue weighted by atomic mass is 10.2. The van der Waals surface area contributed by atoms with Gasteiger partial charge >= 0.3 is 0 Å². The number of para-hydroxylation sites is 2. The summed E-state index contributed by atoms with van der Waals surface area (Å²) in [6.07, 6.45) is 2.68. The van der Waals surface area contributed by atoms with Gasteiger partial charge in [-0.25, -0.2) is 0 Å². The standard InChI is InChI=1S/C14H21N3O2/c15-14(18)7-9-19-13-6-2-1-5-12(13)17-10-11-4-3-8-16-11/h1-2,5-6,11,16-17H,3-4,7-10H2,(H2,15,18). The van der Waals surface area contributed by atoms with Gasteiger partial charge in [0.2, 0.25) is 5.91 Å². The summed E-state index contributed by atoms with van der Waals surface area (Å²) < 4.78 is 5.58. The molecule has 1 saturated heterocycles.